The first-order valence-corrected chi connectivity index (χ1v) is 7.69. The number of anilines is 2. The molecule has 22 heavy (non-hydrogen) atoms. The van der Waals surface area contributed by atoms with Gasteiger partial charge in [0, 0.05) is 5.69 Å². The van der Waals surface area contributed by atoms with Gasteiger partial charge < -0.3 is 16.2 Å². The number of hydrogen-bond donors (Lipinski definition) is 3. The van der Waals surface area contributed by atoms with Gasteiger partial charge in [0.15, 0.2) is 6.23 Å². The molecule has 0 spiro atoms. The van der Waals surface area contributed by atoms with E-state index in [-0.39, 0.29) is 5.82 Å². The second-order valence-corrected chi connectivity index (χ2v) is 5.81. The summed E-state index contributed by atoms with van der Waals surface area (Å²) in [5, 5.41) is 15.4. The lowest BCUT2D eigenvalue weighted by Gasteiger charge is -2.17. The maximum atomic E-state index is 10.4. The molecule has 0 aliphatic rings. The largest absolute Gasteiger partial charge is 0.382 e. The van der Waals surface area contributed by atoms with Crippen LogP contribution >= 0.6 is 11.3 Å². The third kappa shape index (κ3) is 2.93. The van der Waals surface area contributed by atoms with Crippen molar-refractivity contribution >= 4 is 22.8 Å². The molecule has 0 radical (unpaired) electrons. The quantitative estimate of drug-likeness (QED) is 0.644. The number of aliphatic hydroxyl groups is 1. The molecule has 112 valence electrons. The lowest BCUT2D eigenvalue weighted by Crippen LogP contribution is -2.15. The van der Waals surface area contributed by atoms with Crippen molar-refractivity contribution < 1.29 is 5.11 Å². The summed E-state index contributed by atoms with van der Waals surface area (Å²) in [7, 11) is 0. The Morgan fingerprint density at radius 3 is 2.77 bits per heavy atom. The summed E-state index contributed by atoms with van der Waals surface area (Å²) in [5.41, 5.74) is 8.75. The van der Waals surface area contributed by atoms with Crippen molar-refractivity contribution in [1.29, 1.82) is 0 Å². The van der Waals surface area contributed by atoms with Crippen molar-refractivity contribution in [3.63, 3.8) is 0 Å². The van der Waals surface area contributed by atoms with Gasteiger partial charge in [-0.1, -0.05) is 24.3 Å². The van der Waals surface area contributed by atoms with Crippen molar-refractivity contribution in [1.82, 2.24) is 9.97 Å². The number of hydrogen-bond acceptors (Lipinski definition) is 6. The van der Waals surface area contributed by atoms with Gasteiger partial charge in [0.05, 0.1) is 16.8 Å². The smallest absolute Gasteiger partial charge is 0.171 e. The summed E-state index contributed by atoms with van der Waals surface area (Å²) >= 11 is 1.56. The molecule has 2 heterocycles. The number of para-hydroxylation sites is 1. The number of nitrogens with zero attached hydrogens (tertiary/aromatic N) is 2. The van der Waals surface area contributed by atoms with E-state index in [2.05, 4.69) is 15.3 Å². The summed E-state index contributed by atoms with van der Waals surface area (Å²) in [6.45, 7) is 1.96. The van der Waals surface area contributed by atoms with Crippen LogP contribution in [0.1, 0.15) is 17.5 Å². The van der Waals surface area contributed by atoms with Gasteiger partial charge in [-0.15, -0.1) is 11.3 Å². The molecule has 3 aromatic rings. The van der Waals surface area contributed by atoms with Gasteiger partial charge in [-0.25, -0.2) is 9.97 Å². The highest BCUT2D eigenvalue weighted by molar-refractivity contribution is 7.13. The zero-order chi connectivity index (χ0) is 15.5. The average Bonchev–Trinajstić information content (AvgIpc) is 3.04. The van der Waals surface area contributed by atoms with Gasteiger partial charge in [-0.05, 0) is 30.0 Å². The van der Waals surface area contributed by atoms with Crippen LogP contribution in [0.15, 0.2) is 48.0 Å². The Labute approximate surface area is 132 Å². The third-order valence-electron chi connectivity index (χ3n) is 3.30. The molecule has 2 aromatic heterocycles. The molecule has 1 unspecified atom stereocenters. The summed E-state index contributed by atoms with van der Waals surface area (Å²) in [6.07, 6.45) is 0.596. The molecular weight excluding hydrogens is 296 g/mol. The first kappa shape index (κ1) is 14.5. The number of nitrogens with one attached hydrogen (secondary N) is 1. The van der Waals surface area contributed by atoms with Gasteiger partial charge in [0.2, 0.25) is 0 Å². The second-order valence-electron chi connectivity index (χ2n) is 4.86. The Morgan fingerprint density at radius 2 is 2.05 bits per heavy atom. The highest BCUT2D eigenvalue weighted by atomic mass is 32.1. The van der Waals surface area contributed by atoms with Crippen LogP contribution in [0.2, 0.25) is 0 Å². The van der Waals surface area contributed by atoms with E-state index in [0.717, 1.165) is 16.1 Å². The normalized spacial score (nSPS) is 12.1. The summed E-state index contributed by atoms with van der Waals surface area (Å²) in [5.74, 6) is 0.217. The standard InChI is InChI=1S/C16H16N4OS/c1-10-5-2-3-6-11(10)20-16(21)14-15(17)18-9-12(19-14)13-7-4-8-22-13/h2-9,16,20-21H,1H3,(H2,17,18). The summed E-state index contributed by atoms with van der Waals surface area (Å²) in [4.78, 5) is 9.58. The predicted octanol–water partition coefficient (Wildman–Crippen LogP) is 3.20. The number of aromatic nitrogens is 2. The first-order valence-electron chi connectivity index (χ1n) is 6.81. The molecule has 0 fully saturated rings. The van der Waals surface area contributed by atoms with Crippen LogP contribution in [0.4, 0.5) is 11.5 Å². The van der Waals surface area contributed by atoms with Gasteiger partial charge in [0.25, 0.3) is 0 Å². The Hall–Kier alpha value is -2.44. The Bertz CT molecular complexity index is 774. The fraction of sp³-hybridized carbons (Fsp3) is 0.125. The first-order chi connectivity index (χ1) is 10.6. The zero-order valence-electron chi connectivity index (χ0n) is 12.0. The lowest BCUT2D eigenvalue weighted by atomic mass is 10.2. The molecule has 5 nitrogen and oxygen atoms in total. The monoisotopic (exact) mass is 312 g/mol. The second kappa shape index (κ2) is 6.13. The van der Waals surface area contributed by atoms with E-state index >= 15 is 0 Å². The molecule has 4 N–H and O–H groups in total. The van der Waals surface area contributed by atoms with E-state index in [0.29, 0.717) is 11.4 Å². The number of benzene rings is 1. The Kier molecular flexibility index (Phi) is 4.04. The molecule has 6 heteroatoms. The molecule has 1 aromatic carbocycles. The molecule has 1 atom stereocenters. The summed E-state index contributed by atoms with van der Waals surface area (Å²) in [6, 6.07) is 11.6. The van der Waals surface area contributed by atoms with E-state index in [1.165, 1.54) is 0 Å². The number of aliphatic hydroxyl groups excluding tert-OH is 1. The van der Waals surface area contributed by atoms with Crippen molar-refractivity contribution in [3.05, 3.63) is 59.2 Å². The van der Waals surface area contributed by atoms with Crippen molar-refractivity contribution in [3.8, 4) is 10.6 Å². The van der Waals surface area contributed by atoms with Crippen LogP contribution in [0.25, 0.3) is 10.6 Å². The highest BCUT2D eigenvalue weighted by Crippen LogP contribution is 2.26. The molecule has 0 bridgehead atoms. The molecule has 0 amide bonds. The van der Waals surface area contributed by atoms with E-state index < -0.39 is 6.23 Å². The molecule has 0 saturated carbocycles. The number of nitrogens with two attached hydrogens (primary N) is 1. The van der Waals surface area contributed by atoms with Crippen LogP contribution < -0.4 is 11.1 Å². The molecule has 0 aliphatic heterocycles. The SMILES string of the molecule is Cc1ccccc1NC(O)c1nc(-c2cccs2)cnc1N. The lowest BCUT2D eigenvalue weighted by molar-refractivity contribution is 0.204. The fourth-order valence-electron chi connectivity index (χ4n) is 2.11. The maximum Gasteiger partial charge on any atom is 0.171 e. The number of aryl methyl sites for hydroxylation is 1. The minimum atomic E-state index is -1.02. The predicted molar refractivity (Wildman–Crippen MR) is 89.5 cm³/mol. The Balaban J connectivity index is 1.90. The minimum Gasteiger partial charge on any atom is -0.382 e. The fourth-order valence-corrected chi connectivity index (χ4v) is 2.79. The summed E-state index contributed by atoms with van der Waals surface area (Å²) < 4.78 is 0. The van der Waals surface area contributed by atoms with Crippen molar-refractivity contribution in [2.45, 2.75) is 13.2 Å². The average molecular weight is 312 g/mol. The van der Waals surface area contributed by atoms with E-state index in [1.807, 2.05) is 48.7 Å². The number of rotatable bonds is 4. The van der Waals surface area contributed by atoms with Gasteiger partial charge in [0.1, 0.15) is 11.5 Å². The van der Waals surface area contributed by atoms with Crippen LogP contribution in [0, 0.1) is 6.92 Å². The van der Waals surface area contributed by atoms with E-state index in [9.17, 15) is 5.11 Å². The number of nitrogen functional groups attached to an aromatic ring is 1. The van der Waals surface area contributed by atoms with Crippen molar-refractivity contribution in [2.24, 2.45) is 0 Å². The Morgan fingerprint density at radius 1 is 1.23 bits per heavy atom. The molecule has 3 rings (SSSR count). The highest BCUT2D eigenvalue weighted by Gasteiger charge is 2.16. The van der Waals surface area contributed by atoms with Crippen LogP contribution in [0.5, 0.6) is 0 Å². The van der Waals surface area contributed by atoms with E-state index in [1.54, 1.807) is 17.5 Å². The van der Waals surface area contributed by atoms with Gasteiger partial charge in [-0.3, -0.25) is 0 Å². The topological polar surface area (TPSA) is 84.1 Å². The third-order valence-corrected chi connectivity index (χ3v) is 4.19. The van der Waals surface area contributed by atoms with Crippen LogP contribution in [0.3, 0.4) is 0 Å². The van der Waals surface area contributed by atoms with Crippen LogP contribution in [-0.2, 0) is 0 Å². The van der Waals surface area contributed by atoms with Crippen LogP contribution in [-0.4, -0.2) is 15.1 Å². The molecule has 0 saturated heterocycles. The molecule has 0 aliphatic carbocycles. The minimum absolute atomic E-state index is 0.217. The maximum absolute atomic E-state index is 10.4. The van der Waals surface area contributed by atoms with Crippen molar-refractivity contribution in [2.75, 3.05) is 11.1 Å². The molecular formula is C16H16N4OS. The van der Waals surface area contributed by atoms with E-state index in [4.69, 9.17) is 5.73 Å². The number of thiophene rings is 1. The van der Waals surface area contributed by atoms with Gasteiger partial charge in [-0.2, -0.15) is 0 Å². The van der Waals surface area contributed by atoms with Gasteiger partial charge >= 0.3 is 0 Å². The zero-order valence-corrected chi connectivity index (χ0v) is 12.8.